The van der Waals surface area contributed by atoms with Crippen molar-refractivity contribution in [3.05, 3.63) is 28.0 Å². The molecule has 0 saturated carbocycles. The minimum atomic E-state index is -0.439. The van der Waals surface area contributed by atoms with Gasteiger partial charge >= 0.3 is 0 Å². The van der Waals surface area contributed by atoms with Crippen LogP contribution < -0.4 is 5.32 Å². The zero-order valence-corrected chi connectivity index (χ0v) is 10.1. The van der Waals surface area contributed by atoms with Crippen molar-refractivity contribution in [2.45, 2.75) is 19.3 Å². The van der Waals surface area contributed by atoms with Gasteiger partial charge in [-0.2, -0.15) is 0 Å². The number of aliphatic imine (C=N–C) groups is 1. The lowest BCUT2D eigenvalue weighted by Crippen LogP contribution is -2.16. The van der Waals surface area contributed by atoms with Crippen LogP contribution in [0, 0.1) is 5.82 Å². The Morgan fingerprint density at radius 2 is 1.88 bits per heavy atom. The molecule has 0 fully saturated rings. The predicted octanol–water partition coefficient (Wildman–Crippen LogP) is 4.13. The van der Waals surface area contributed by atoms with Crippen LogP contribution in [0.5, 0.6) is 0 Å². The van der Waals surface area contributed by atoms with Crippen molar-refractivity contribution in [1.82, 2.24) is 0 Å². The summed E-state index contributed by atoms with van der Waals surface area (Å²) in [5, 5.41) is 3.62. The van der Waals surface area contributed by atoms with Crippen molar-refractivity contribution >= 4 is 34.7 Å². The normalized spacial score (nSPS) is 15.8. The summed E-state index contributed by atoms with van der Waals surface area (Å²) >= 11 is 11.8. The molecule has 0 aromatic heterocycles. The van der Waals surface area contributed by atoms with E-state index in [-0.39, 0.29) is 10.0 Å². The molecule has 0 atom stereocenters. The molecular weight excluding hydrogens is 250 g/mol. The second-order valence-corrected chi connectivity index (χ2v) is 4.47. The van der Waals surface area contributed by atoms with E-state index < -0.39 is 5.82 Å². The van der Waals surface area contributed by atoms with Crippen LogP contribution in [0.15, 0.2) is 17.1 Å². The summed E-state index contributed by atoms with van der Waals surface area (Å²) < 4.78 is 13.0. The van der Waals surface area contributed by atoms with Crippen LogP contribution >= 0.6 is 23.2 Å². The standard InChI is InChI=1S/C11H11Cl2FN2/c12-8-5-7(14)6-9(13)11(8)16-10-3-1-2-4-15-10/h5-6H,1-4H2,(H,15,16). The number of halogens is 3. The topological polar surface area (TPSA) is 24.4 Å². The van der Waals surface area contributed by atoms with Gasteiger partial charge in [-0.3, -0.25) is 4.99 Å². The fourth-order valence-electron chi connectivity index (χ4n) is 1.61. The number of rotatable bonds is 1. The Bertz CT molecular complexity index is 409. The van der Waals surface area contributed by atoms with Gasteiger partial charge in [-0.25, -0.2) is 4.39 Å². The maximum absolute atomic E-state index is 13.0. The van der Waals surface area contributed by atoms with Gasteiger partial charge in [-0.15, -0.1) is 0 Å². The first-order valence-corrected chi connectivity index (χ1v) is 5.87. The second kappa shape index (κ2) is 5.02. The van der Waals surface area contributed by atoms with Crippen molar-refractivity contribution in [2.75, 3.05) is 11.9 Å². The van der Waals surface area contributed by atoms with E-state index in [1.807, 2.05) is 0 Å². The molecule has 0 radical (unpaired) electrons. The molecule has 1 N–H and O–H groups in total. The second-order valence-electron chi connectivity index (χ2n) is 3.65. The summed E-state index contributed by atoms with van der Waals surface area (Å²) in [6, 6.07) is 2.47. The van der Waals surface area contributed by atoms with E-state index in [1.54, 1.807) is 0 Å². The zero-order valence-electron chi connectivity index (χ0n) is 8.56. The van der Waals surface area contributed by atoms with Gasteiger partial charge in [-0.1, -0.05) is 23.2 Å². The number of benzene rings is 1. The third kappa shape index (κ3) is 2.66. The Morgan fingerprint density at radius 1 is 1.19 bits per heavy atom. The van der Waals surface area contributed by atoms with Crippen LogP contribution in [0.1, 0.15) is 19.3 Å². The highest BCUT2D eigenvalue weighted by Crippen LogP contribution is 2.31. The molecule has 2 rings (SSSR count). The van der Waals surface area contributed by atoms with Gasteiger partial charge in [0.25, 0.3) is 0 Å². The van der Waals surface area contributed by atoms with Crippen molar-refractivity contribution in [3.63, 3.8) is 0 Å². The van der Waals surface area contributed by atoms with Gasteiger partial charge in [0, 0.05) is 13.0 Å². The highest BCUT2D eigenvalue weighted by Gasteiger charge is 2.12. The molecule has 86 valence electrons. The number of anilines is 1. The molecule has 1 aromatic carbocycles. The Balaban J connectivity index is 2.24. The maximum atomic E-state index is 13.0. The number of hydrogen-bond donors (Lipinski definition) is 1. The van der Waals surface area contributed by atoms with Gasteiger partial charge in [0.15, 0.2) is 0 Å². The van der Waals surface area contributed by atoms with E-state index in [0.29, 0.717) is 5.69 Å². The fraction of sp³-hybridized carbons (Fsp3) is 0.364. The van der Waals surface area contributed by atoms with Gasteiger partial charge in [-0.05, 0) is 25.0 Å². The maximum Gasteiger partial charge on any atom is 0.126 e. The largest absolute Gasteiger partial charge is 0.342 e. The summed E-state index contributed by atoms with van der Waals surface area (Å²) in [6.07, 6.45) is 3.09. The summed E-state index contributed by atoms with van der Waals surface area (Å²) in [4.78, 5) is 4.32. The average molecular weight is 261 g/mol. The van der Waals surface area contributed by atoms with Gasteiger partial charge in [0.05, 0.1) is 15.7 Å². The molecule has 0 amide bonds. The molecule has 2 nitrogen and oxygen atoms in total. The van der Waals surface area contributed by atoms with Crippen LogP contribution in [0.25, 0.3) is 0 Å². The Morgan fingerprint density at radius 3 is 2.44 bits per heavy atom. The molecule has 16 heavy (non-hydrogen) atoms. The van der Waals surface area contributed by atoms with Crippen molar-refractivity contribution in [3.8, 4) is 0 Å². The smallest absolute Gasteiger partial charge is 0.126 e. The van der Waals surface area contributed by atoms with Crippen LogP contribution in [0.3, 0.4) is 0 Å². The molecule has 0 bridgehead atoms. The predicted molar refractivity (Wildman–Crippen MR) is 66.2 cm³/mol. The minimum absolute atomic E-state index is 0.276. The average Bonchev–Trinajstić information content (AvgIpc) is 2.25. The van der Waals surface area contributed by atoms with Crippen molar-refractivity contribution in [1.29, 1.82) is 0 Å². The number of amidine groups is 1. The quantitative estimate of drug-likeness (QED) is 0.807. The molecule has 0 aliphatic carbocycles. The molecule has 1 aromatic rings. The molecule has 1 aliphatic heterocycles. The van der Waals surface area contributed by atoms with Crippen LogP contribution in [-0.2, 0) is 0 Å². The first-order chi connectivity index (χ1) is 7.66. The first-order valence-electron chi connectivity index (χ1n) is 5.12. The lowest BCUT2D eigenvalue weighted by Gasteiger charge is -2.15. The SMILES string of the molecule is Fc1cc(Cl)c(NC2=NCCCC2)c(Cl)c1. The van der Waals surface area contributed by atoms with E-state index in [0.717, 1.165) is 31.6 Å². The summed E-state index contributed by atoms with van der Waals surface area (Å²) in [5.41, 5.74) is 0.533. The van der Waals surface area contributed by atoms with E-state index in [2.05, 4.69) is 10.3 Å². The highest BCUT2D eigenvalue weighted by atomic mass is 35.5. The van der Waals surface area contributed by atoms with Gasteiger partial charge in [0.2, 0.25) is 0 Å². The molecule has 0 spiro atoms. The molecular formula is C11H11Cl2FN2. The molecule has 0 unspecified atom stereocenters. The Kier molecular flexibility index (Phi) is 3.66. The van der Waals surface area contributed by atoms with Gasteiger partial charge < -0.3 is 5.32 Å². The van der Waals surface area contributed by atoms with E-state index in [1.165, 1.54) is 12.1 Å². The lowest BCUT2D eigenvalue weighted by atomic mass is 10.2. The number of nitrogens with one attached hydrogen (secondary N) is 1. The number of hydrogen-bond acceptors (Lipinski definition) is 2. The first kappa shape index (κ1) is 11.7. The van der Waals surface area contributed by atoms with Crippen LogP contribution in [-0.4, -0.2) is 12.4 Å². The Labute approximate surface area is 103 Å². The van der Waals surface area contributed by atoms with Crippen molar-refractivity contribution < 1.29 is 4.39 Å². The van der Waals surface area contributed by atoms with Gasteiger partial charge in [0.1, 0.15) is 11.7 Å². The fourth-order valence-corrected chi connectivity index (χ4v) is 2.16. The summed E-state index contributed by atoms with van der Waals surface area (Å²) in [5.74, 6) is 0.424. The van der Waals surface area contributed by atoms with Crippen LogP contribution in [0.4, 0.5) is 10.1 Å². The Hall–Kier alpha value is -0.800. The van der Waals surface area contributed by atoms with Crippen molar-refractivity contribution in [2.24, 2.45) is 4.99 Å². The minimum Gasteiger partial charge on any atom is -0.342 e. The lowest BCUT2D eigenvalue weighted by molar-refractivity contribution is 0.628. The summed E-state index contributed by atoms with van der Waals surface area (Å²) in [7, 11) is 0. The zero-order chi connectivity index (χ0) is 11.5. The molecule has 5 heteroatoms. The third-order valence-electron chi connectivity index (χ3n) is 2.40. The van der Waals surface area contributed by atoms with E-state index >= 15 is 0 Å². The molecule has 1 aliphatic rings. The monoisotopic (exact) mass is 260 g/mol. The van der Waals surface area contributed by atoms with Crippen LogP contribution in [0.2, 0.25) is 10.0 Å². The van der Waals surface area contributed by atoms with E-state index in [4.69, 9.17) is 23.2 Å². The summed E-state index contributed by atoms with van der Waals surface area (Å²) in [6.45, 7) is 0.818. The molecule has 1 heterocycles. The molecule has 0 saturated heterocycles. The highest BCUT2D eigenvalue weighted by molar-refractivity contribution is 6.39. The number of nitrogens with zero attached hydrogens (tertiary/aromatic N) is 1. The van der Waals surface area contributed by atoms with E-state index in [9.17, 15) is 4.39 Å². The third-order valence-corrected chi connectivity index (χ3v) is 3.00.